The standard InChI is InChI=1S/C20H20FN3O2/c21-15-3-6-17-18(20(25)23-19(17)11-15)12-22-16-4-1-14(2-5-16)13-24-7-9-26-10-8-24/h1-6,11-12,18H,7-10,13H2,(H,23,25). The maximum absolute atomic E-state index is 13.3. The van der Waals surface area contributed by atoms with Gasteiger partial charge in [-0.05, 0) is 35.4 Å². The summed E-state index contributed by atoms with van der Waals surface area (Å²) in [6.45, 7) is 4.39. The zero-order valence-electron chi connectivity index (χ0n) is 14.3. The van der Waals surface area contributed by atoms with E-state index in [-0.39, 0.29) is 11.7 Å². The van der Waals surface area contributed by atoms with Gasteiger partial charge < -0.3 is 10.1 Å². The van der Waals surface area contributed by atoms with Gasteiger partial charge in [-0.3, -0.25) is 14.7 Å². The molecule has 1 fully saturated rings. The number of fused-ring (bicyclic) bond motifs is 1. The van der Waals surface area contributed by atoms with E-state index in [1.807, 2.05) is 12.1 Å². The number of hydrogen-bond acceptors (Lipinski definition) is 4. The number of hydrogen-bond donors (Lipinski definition) is 1. The normalized spacial score (nSPS) is 20.3. The Bertz CT molecular complexity index is 829. The summed E-state index contributed by atoms with van der Waals surface area (Å²) in [7, 11) is 0. The van der Waals surface area contributed by atoms with Crippen molar-refractivity contribution in [1.29, 1.82) is 0 Å². The summed E-state index contributed by atoms with van der Waals surface area (Å²) in [5.74, 6) is -1.03. The van der Waals surface area contributed by atoms with Crippen LogP contribution >= 0.6 is 0 Å². The molecule has 1 saturated heterocycles. The third-order valence-electron chi connectivity index (χ3n) is 4.71. The first kappa shape index (κ1) is 16.9. The fourth-order valence-electron chi connectivity index (χ4n) is 3.27. The smallest absolute Gasteiger partial charge is 0.237 e. The van der Waals surface area contributed by atoms with Crippen molar-refractivity contribution in [1.82, 2.24) is 4.90 Å². The van der Waals surface area contributed by atoms with Gasteiger partial charge in [0.25, 0.3) is 0 Å². The predicted molar refractivity (Wildman–Crippen MR) is 98.5 cm³/mol. The minimum atomic E-state index is -0.487. The fraction of sp³-hybridized carbons (Fsp3) is 0.300. The highest BCUT2D eigenvalue weighted by Crippen LogP contribution is 2.32. The van der Waals surface area contributed by atoms with Gasteiger partial charge in [-0.2, -0.15) is 0 Å². The lowest BCUT2D eigenvalue weighted by atomic mass is 10.0. The molecule has 2 heterocycles. The van der Waals surface area contributed by atoms with E-state index in [1.54, 1.807) is 12.3 Å². The number of benzene rings is 2. The lowest BCUT2D eigenvalue weighted by Gasteiger charge is -2.26. The van der Waals surface area contributed by atoms with E-state index in [0.29, 0.717) is 5.69 Å². The molecule has 0 aromatic heterocycles. The van der Waals surface area contributed by atoms with Crippen LogP contribution < -0.4 is 5.32 Å². The first-order valence-electron chi connectivity index (χ1n) is 8.72. The fourth-order valence-corrected chi connectivity index (χ4v) is 3.27. The second-order valence-corrected chi connectivity index (χ2v) is 6.53. The second-order valence-electron chi connectivity index (χ2n) is 6.53. The van der Waals surface area contributed by atoms with E-state index in [0.717, 1.165) is 44.1 Å². The van der Waals surface area contributed by atoms with Crippen LogP contribution in [-0.4, -0.2) is 43.3 Å². The first-order valence-corrected chi connectivity index (χ1v) is 8.72. The third kappa shape index (κ3) is 3.66. The first-order chi connectivity index (χ1) is 12.7. The van der Waals surface area contributed by atoms with Gasteiger partial charge in [-0.15, -0.1) is 0 Å². The number of carbonyl (C=O) groups is 1. The number of halogens is 1. The van der Waals surface area contributed by atoms with Crippen LogP contribution in [0.25, 0.3) is 0 Å². The Hall–Kier alpha value is -2.57. The highest BCUT2D eigenvalue weighted by atomic mass is 19.1. The van der Waals surface area contributed by atoms with Crippen molar-refractivity contribution in [3.63, 3.8) is 0 Å². The minimum Gasteiger partial charge on any atom is -0.379 e. The molecule has 134 valence electrons. The average Bonchev–Trinajstić information content (AvgIpc) is 2.96. The molecular formula is C20H20FN3O2. The molecule has 0 saturated carbocycles. The van der Waals surface area contributed by atoms with Gasteiger partial charge in [0, 0.05) is 31.5 Å². The number of nitrogens with zero attached hydrogens (tertiary/aromatic N) is 2. The molecule has 0 bridgehead atoms. The predicted octanol–water partition coefficient (Wildman–Crippen LogP) is 3.10. The van der Waals surface area contributed by atoms with Crippen LogP contribution in [0.1, 0.15) is 17.0 Å². The molecule has 2 aliphatic heterocycles. The minimum absolute atomic E-state index is 0.182. The molecule has 6 heteroatoms. The Kier molecular flexibility index (Phi) is 4.77. The summed E-state index contributed by atoms with van der Waals surface area (Å²) in [5, 5.41) is 2.69. The summed E-state index contributed by atoms with van der Waals surface area (Å²) in [5.41, 5.74) is 3.29. The molecule has 5 nitrogen and oxygen atoms in total. The molecule has 1 atom stereocenters. The van der Waals surface area contributed by atoms with Gasteiger partial charge in [0.05, 0.1) is 18.9 Å². The van der Waals surface area contributed by atoms with E-state index in [2.05, 4.69) is 27.3 Å². The molecule has 1 amide bonds. The van der Waals surface area contributed by atoms with Crippen LogP contribution in [0.3, 0.4) is 0 Å². The number of carbonyl (C=O) groups excluding carboxylic acids is 1. The summed E-state index contributed by atoms with van der Waals surface area (Å²) >= 11 is 0. The Labute approximate surface area is 151 Å². The van der Waals surface area contributed by atoms with Gasteiger partial charge >= 0.3 is 0 Å². The highest BCUT2D eigenvalue weighted by molar-refractivity contribution is 6.12. The lowest BCUT2D eigenvalue weighted by molar-refractivity contribution is -0.115. The Balaban J connectivity index is 1.43. The molecule has 0 aliphatic carbocycles. The number of anilines is 1. The van der Waals surface area contributed by atoms with E-state index in [1.165, 1.54) is 17.7 Å². The van der Waals surface area contributed by atoms with Gasteiger partial charge in [-0.1, -0.05) is 18.2 Å². The van der Waals surface area contributed by atoms with E-state index in [4.69, 9.17) is 4.74 Å². The molecule has 0 spiro atoms. The SMILES string of the molecule is O=C1Nc2cc(F)ccc2C1C=Nc1ccc(CN2CCOCC2)cc1. The number of amides is 1. The van der Waals surface area contributed by atoms with Gasteiger partial charge in [0.15, 0.2) is 0 Å². The molecule has 1 N–H and O–H groups in total. The summed E-state index contributed by atoms with van der Waals surface area (Å²) < 4.78 is 18.6. The second kappa shape index (κ2) is 7.35. The lowest BCUT2D eigenvalue weighted by Crippen LogP contribution is -2.35. The Morgan fingerprint density at radius 1 is 1.19 bits per heavy atom. The zero-order chi connectivity index (χ0) is 17.9. The van der Waals surface area contributed by atoms with Crippen LogP contribution in [0.15, 0.2) is 47.5 Å². The van der Waals surface area contributed by atoms with Crippen molar-refractivity contribution in [3.05, 3.63) is 59.4 Å². The van der Waals surface area contributed by atoms with Crippen molar-refractivity contribution in [2.45, 2.75) is 12.5 Å². The molecule has 2 aliphatic rings. The molecule has 4 rings (SSSR count). The number of aliphatic imine (C=N–C) groups is 1. The van der Waals surface area contributed by atoms with Crippen molar-refractivity contribution in [3.8, 4) is 0 Å². The number of rotatable bonds is 4. The van der Waals surface area contributed by atoms with Crippen molar-refractivity contribution >= 4 is 23.5 Å². The van der Waals surface area contributed by atoms with Gasteiger partial charge in [0.2, 0.25) is 5.91 Å². The molecule has 26 heavy (non-hydrogen) atoms. The van der Waals surface area contributed by atoms with Crippen molar-refractivity contribution in [2.24, 2.45) is 4.99 Å². The largest absolute Gasteiger partial charge is 0.379 e. The monoisotopic (exact) mass is 353 g/mol. The molecule has 2 aromatic rings. The maximum atomic E-state index is 13.3. The van der Waals surface area contributed by atoms with Crippen molar-refractivity contribution in [2.75, 3.05) is 31.6 Å². The van der Waals surface area contributed by atoms with Crippen LogP contribution in [0.5, 0.6) is 0 Å². The van der Waals surface area contributed by atoms with E-state index in [9.17, 15) is 9.18 Å². The molecule has 2 aromatic carbocycles. The third-order valence-corrected chi connectivity index (χ3v) is 4.71. The quantitative estimate of drug-likeness (QED) is 0.860. The van der Waals surface area contributed by atoms with Crippen LogP contribution in [0, 0.1) is 5.82 Å². The average molecular weight is 353 g/mol. The van der Waals surface area contributed by atoms with E-state index < -0.39 is 5.92 Å². The summed E-state index contributed by atoms with van der Waals surface area (Å²) in [6.07, 6.45) is 1.62. The van der Waals surface area contributed by atoms with Crippen LogP contribution in [0.2, 0.25) is 0 Å². The maximum Gasteiger partial charge on any atom is 0.237 e. The number of morpholine rings is 1. The van der Waals surface area contributed by atoms with Gasteiger partial charge in [-0.25, -0.2) is 4.39 Å². The molecule has 0 radical (unpaired) electrons. The topological polar surface area (TPSA) is 53.9 Å². The summed E-state index contributed by atoms with van der Waals surface area (Å²) in [4.78, 5) is 18.9. The van der Waals surface area contributed by atoms with Crippen LogP contribution in [0.4, 0.5) is 15.8 Å². The van der Waals surface area contributed by atoms with E-state index >= 15 is 0 Å². The number of nitrogens with one attached hydrogen (secondary N) is 1. The molecular weight excluding hydrogens is 333 g/mol. The highest BCUT2D eigenvalue weighted by Gasteiger charge is 2.29. The van der Waals surface area contributed by atoms with Gasteiger partial charge in [0.1, 0.15) is 11.7 Å². The zero-order valence-corrected chi connectivity index (χ0v) is 14.3. The van der Waals surface area contributed by atoms with Crippen LogP contribution in [-0.2, 0) is 16.1 Å². The van der Waals surface area contributed by atoms with Crippen molar-refractivity contribution < 1.29 is 13.9 Å². The number of ether oxygens (including phenoxy) is 1. The Morgan fingerprint density at radius 2 is 1.96 bits per heavy atom. The summed E-state index contributed by atoms with van der Waals surface area (Å²) in [6, 6.07) is 12.3. The molecule has 1 unspecified atom stereocenters. The Morgan fingerprint density at radius 3 is 2.73 bits per heavy atom.